The molecule has 0 radical (unpaired) electrons. The molecule has 0 bridgehead atoms. The molecule has 138 valence electrons. The molecule has 6 heteroatoms. The Balaban J connectivity index is 1.73. The van der Waals surface area contributed by atoms with Crippen LogP contribution in [-0.4, -0.2) is 36.0 Å². The Bertz CT molecular complexity index is 857. The van der Waals surface area contributed by atoms with E-state index in [9.17, 15) is 0 Å². The molecule has 0 aliphatic carbocycles. The highest BCUT2D eigenvalue weighted by Gasteiger charge is 2.13. The van der Waals surface area contributed by atoms with Gasteiger partial charge >= 0.3 is 0 Å². The maximum atomic E-state index is 5.97. The van der Waals surface area contributed by atoms with E-state index >= 15 is 0 Å². The van der Waals surface area contributed by atoms with Gasteiger partial charge in [0.1, 0.15) is 12.1 Å². The van der Waals surface area contributed by atoms with Crippen LogP contribution in [0.3, 0.4) is 0 Å². The van der Waals surface area contributed by atoms with Gasteiger partial charge in [-0.2, -0.15) is 0 Å². The first-order valence-electron chi connectivity index (χ1n) is 8.95. The second kappa shape index (κ2) is 8.01. The van der Waals surface area contributed by atoms with Crippen LogP contribution in [0.25, 0.3) is 10.9 Å². The monoisotopic (exact) mass is 369 g/mol. The molecule has 2 aromatic heterocycles. The summed E-state index contributed by atoms with van der Waals surface area (Å²) in [5.74, 6) is 0.864. The minimum Gasteiger partial charge on any atom is -0.467 e. The number of aromatic nitrogens is 3. The number of hydrogen-bond acceptors (Lipinski definition) is 4. The van der Waals surface area contributed by atoms with E-state index in [1.54, 1.807) is 6.33 Å². The lowest BCUT2D eigenvalue weighted by atomic mass is 10.1. The zero-order valence-electron chi connectivity index (χ0n) is 16.0. The summed E-state index contributed by atoms with van der Waals surface area (Å²) in [6.45, 7) is 8.09. The van der Waals surface area contributed by atoms with Crippen LogP contribution in [0.15, 0.2) is 43.1 Å². The van der Waals surface area contributed by atoms with Crippen LogP contribution in [-0.2, 0) is 18.2 Å². The lowest BCUT2D eigenvalue weighted by Crippen LogP contribution is -2.22. The second-order valence-electron chi connectivity index (χ2n) is 7.86. The number of hydrogen-bond donors (Lipinski definition) is 0. The normalized spacial score (nSPS) is 11.8. The zero-order valence-corrected chi connectivity index (χ0v) is 17.0. The Morgan fingerprint density at radius 3 is 2.58 bits per heavy atom. The summed E-state index contributed by atoms with van der Waals surface area (Å²) in [4.78, 5) is 8.20. The zero-order chi connectivity index (χ0) is 18.6. The molecular formula is C20H27N3O2Si. The van der Waals surface area contributed by atoms with E-state index in [0.29, 0.717) is 0 Å². The van der Waals surface area contributed by atoms with Crippen LogP contribution < -0.4 is 4.74 Å². The Morgan fingerprint density at radius 2 is 1.85 bits per heavy atom. The van der Waals surface area contributed by atoms with Crippen molar-refractivity contribution in [3.63, 3.8) is 0 Å². The number of rotatable bonds is 8. The molecule has 0 N–H and O–H groups in total. The molecule has 1 aromatic carbocycles. The maximum Gasteiger partial charge on any atom is 0.189 e. The van der Waals surface area contributed by atoms with E-state index in [-0.39, 0.29) is 6.79 Å². The molecule has 26 heavy (non-hydrogen) atoms. The van der Waals surface area contributed by atoms with Crippen molar-refractivity contribution in [3.05, 3.63) is 54.2 Å². The molecule has 0 unspecified atom stereocenters. The minimum absolute atomic E-state index is 0.284. The van der Waals surface area contributed by atoms with Crippen molar-refractivity contribution in [2.45, 2.75) is 32.1 Å². The van der Waals surface area contributed by atoms with Crippen molar-refractivity contribution in [1.29, 1.82) is 0 Å². The first-order chi connectivity index (χ1) is 12.4. The third-order valence-electron chi connectivity index (χ3n) is 4.34. The molecule has 2 heterocycles. The van der Waals surface area contributed by atoms with Gasteiger partial charge in [0.15, 0.2) is 6.79 Å². The van der Waals surface area contributed by atoms with Gasteiger partial charge in [-0.15, -0.1) is 0 Å². The first kappa shape index (κ1) is 18.6. The number of aryl methyl sites for hydroxylation is 1. The fraction of sp³-hybridized carbons (Fsp3) is 0.400. The highest BCUT2D eigenvalue weighted by Crippen LogP contribution is 2.29. The SMILES string of the molecule is Cn1ccc2c(OCOCC[Si](C)(C)C)cc(Cc3cncnc3)cc21. The van der Waals surface area contributed by atoms with Gasteiger partial charge in [0, 0.05) is 52.1 Å². The summed E-state index contributed by atoms with van der Waals surface area (Å²) < 4.78 is 13.8. The lowest BCUT2D eigenvalue weighted by molar-refractivity contribution is 0.0229. The molecule has 0 aliphatic heterocycles. The van der Waals surface area contributed by atoms with Gasteiger partial charge in [0.25, 0.3) is 0 Å². The molecular weight excluding hydrogens is 342 g/mol. The Morgan fingerprint density at radius 1 is 1.08 bits per heavy atom. The van der Waals surface area contributed by atoms with Crippen LogP contribution in [0.5, 0.6) is 5.75 Å². The standard InChI is InChI=1S/C20H27N3O2Si/c1-23-6-5-18-19(23)10-16(9-17-12-21-14-22-13-17)11-20(18)25-15-24-7-8-26(2,3)4/h5-6,10-14H,7-9,15H2,1-4H3. The third kappa shape index (κ3) is 4.92. The van der Waals surface area contributed by atoms with Gasteiger partial charge in [-0.05, 0) is 35.4 Å². The van der Waals surface area contributed by atoms with Crippen LogP contribution in [0.2, 0.25) is 25.7 Å². The molecule has 0 spiro atoms. The van der Waals surface area contributed by atoms with Gasteiger partial charge in [0.05, 0.1) is 5.52 Å². The molecule has 0 fully saturated rings. The average molecular weight is 370 g/mol. The van der Waals surface area contributed by atoms with Crippen LogP contribution in [0.1, 0.15) is 11.1 Å². The molecule has 3 rings (SSSR count). The lowest BCUT2D eigenvalue weighted by Gasteiger charge is -2.16. The predicted octanol–water partition coefficient (Wildman–Crippen LogP) is 4.25. The van der Waals surface area contributed by atoms with Gasteiger partial charge in [-0.3, -0.25) is 0 Å². The summed E-state index contributed by atoms with van der Waals surface area (Å²) in [6, 6.07) is 7.52. The van der Waals surface area contributed by atoms with Crippen LogP contribution in [0.4, 0.5) is 0 Å². The third-order valence-corrected chi connectivity index (χ3v) is 6.05. The number of nitrogens with zero attached hydrogens (tertiary/aromatic N) is 3. The van der Waals surface area contributed by atoms with Crippen molar-refractivity contribution in [1.82, 2.24) is 14.5 Å². The average Bonchev–Trinajstić information content (AvgIpc) is 2.96. The summed E-state index contributed by atoms with van der Waals surface area (Å²) in [5, 5.41) is 1.11. The Labute approximate surface area is 156 Å². The van der Waals surface area contributed by atoms with Crippen LogP contribution >= 0.6 is 0 Å². The van der Waals surface area contributed by atoms with Crippen molar-refractivity contribution >= 4 is 19.0 Å². The molecule has 5 nitrogen and oxygen atoms in total. The van der Waals surface area contributed by atoms with E-state index in [1.807, 2.05) is 19.4 Å². The molecule has 0 saturated heterocycles. The van der Waals surface area contributed by atoms with Gasteiger partial charge in [0.2, 0.25) is 0 Å². The van der Waals surface area contributed by atoms with E-state index in [4.69, 9.17) is 9.47 Å². The maximum absolute atomic E-state index is 5.97. The van der Waals surface area contributed by atoms with Crippen molar-refractivity contribution in [2.75, 3.05) is 13.4 Å². The van der Waals surface area contributed by atoms with E-state index in [2.05, 4.69) is 58.6 Å². The number of fused-ring (bicyclic) bond motifs is 1. The minimum atomic E-state index is -1.07. The summed E-state index contributed by atoms with van der Waals surface area (Å²) in [5.41, 5.74) is 3.40. The molecule has 0 aliphatic rings. The Hall–Kier alpha value is -2.18. The Kier molecular flexibility index (Phi) is 5.73. The van der Waals surface area contributed by atoms with Crippen molar-refractivity contribution < 1.29 is 9.47 Å². The second-order valence-corrected chi connectivity index (χ2v) is 13.5. The van der Waals surface area contributed by atoms with E-state index in [1.165, 1.54) is 5.56 Å². The predicted molar refractivity (Wildman–Crippen MR) is 107 cm³/mol. The number of ether oxygens (including phenoxy) is 2. The first-order valence-corrected chi connectivity index (χ1v) is 12.7. The van der Waals surface area contributed by atoms with Crippen LogP contribution in [0, 0.1) is 0 Å². The van der Waals surface area contributed by atoms with E-state index in [0.717, 1.165) is 41.3 Å². The summed E-state index contributed by atoms with van der Waals surface area (Å²) in [7, 11) is 0.973. The van der Waals surface area contributed by atoms with Crippen molar-refractivity contribution in [2.24, 2.45) is 7.05 Å². The number of benzene rings is 1. The smallest absolute Gasteiger partial charge is 0.189 e. The van der Waals surface area contributed by atoms with Gasteiger partial charge in [-0.1, -0.05) is 19.6 Å². The molecule has 3 aromatic rings. The molecule has 0 saturated carbocycles. The highest BCUT2D eigenvalue weighted by molar-refractivity contribution is 6.76. The van der Waals surface area contributed by atoms with E-state index < -0.39 is 8.07 Å². The summed E-state index contributed by atoms with van der Waals surface area (Å²) >= 11 is 0. The van der Waals surface area contributed by atoms with Gasteiger partial charge < -0.3 is 14.0 Å². The fourth-order valence-electron chi connectivity index (χ4n) is 2.81. The topological polar surface area (TPSA) is 49.2 Å². The molecule has 0 atom stereocenters. The highest BCUT2D eigenvalue weighted by atomic mass is 28.3. The molecule has 0 amide bonds. The fourth-order valence-corrected chi connectivity index (χ4v) is 3.57. The van der Waals surface area contributed by atoms with Crippen molar-refractivity contribution in [3.8, 4) is 5.75 Å². The quantitative estimate of drug-likeness (QED) is 0.338. The van der Waals surface area contributed by atoms with Gasteiger partial charge in [-0.25, -0.2) is 9.97 Å². The summed E-state index contributed by atoms with van der Waals surface area (Å²) in [6.07, 6.45) is 8.08. The largest absolute Gasteiger partial charge is 0.467 e.